The van der Waals surface area contributed by atoms with Crippen molar-refractivity contribution in [3.05, 3.63) is 29.3 Å². The Morgan fingerprint density at radius 2 is 1.71 bits per heavy atom. The molecule has 2 fully saturated rings. The zero-order valence-electron chi connectivity index (χ0n) is 18.4. The van der Waals surface area contributed by atoms with E-state index in [9.17, 15) is 18.0 Å². The summed E-state index contributed by atoms with van der Waals surface area (Å²) in [7, 11) is 0. The number of hydrogen-bond acceptors (Lipinski definition) is 4. The molecule has 3 rings (SSSR count). The van der Waals surface area contributed by atoms with Crippen molar-refractivity contribution >= 4 is 5.91 Å². The number of hydrogen-bond donors (Lipinski definition) is 1. The fourth-order valence-corrected chi connectivity index (χ4v) is 3.89. The summed E-state index contributed by atoms with van der Waals surface area (Å²) >= 11 is 0. The second-order valence-electron chi connectivity index (χ2n) is 9.00. The van der Waals surface area contributed by atoms with E-state index in [0.717, 1.165) is 37.8 Å². The first-order chi connectivity index (χ1) is 14.6. The van der Waals surface area contributed by atoms with Crippen molar-refractivity contribution in [2.75, 3.05) is 13.2 Å². The zero-order chi connectivity index (χ0) is 22.6. The zero-order valence-corrected chi connectivity index (χ0v) is 18.4. The van der Waals surface area contributed by atoms with Gasteiger partial charge in [-0.2, -0.15) is 0 Å². The molecule has 1 amide bonds. The Morgan fingerprint density at radius 3 is 2.23 bits per heavy atom. The van der Waals surface area contributed by atoms with Crippen LogP contribution in [0.4, 0.5) is 13.2 Å². The van der Waals surface area contributed by atoms with Crippen LogP contribution in [0.1, 0.15) is 58.4 Å². The minimum atomic E-state index is -1.24. The Labute approximate surface area is 181 Å². The molecule has 174 valence electrons. The van der Waals surface area contributed by atoms with Crippen LogP contribution < -0.4 is 10.1 Å². The lowest BCUT2D eigenvalue weighted by Gasteiger charge is -2.29. The van der Waals surface area contributed by atoms with E-state index in [1.165, 1.54) is 13.8 Å². The Hall–Kier alpha value is -1.80. The summed E-state index contributed by atoms with van der Waals surface area (Å²) in [5.74, 6) is -1.70. The summed E-state index contributed by atoms with van der Waals surface area (Å²) in [6.45, 7) is 5.26. The van der Waals surface area contributed by atoms with Crippen LogP contribution in [-0.4, -0.2) is 43.0 Å². The van der Waals surface area contributed by atoms with E-state index in [1.54, 1.807) is 0 Å². The predicted molar refractivity (Wildman–Crippen MR) is 110 cm³/mol. The number of carbonyl (C=O) groups excluding carboxylic acids is 1. The maximum absolute atomic E-state index is 14.4. The SMILES string of the molecule is CC(=O)N[C@@H](C)COC1CCC(OCc2c(F)cc(OCC3CC3(C)F)cc2F)CC1. The number of alkyl halides is 1. The van der Waals surface area contributed by atoms with E-state index in [2.05, 4.69) is 5.32 Å². The topological polar surface area (TPSA) is 56.8 Å². The summed E-state index contributed by atoms with van der Waals surface area (Å²) < 4.78 is 59.2. The standard InChI is InChI=1S/C23H32F3NO4/c1-14(27-15(2)28)11-29-17-4-6-18(7-5-17)31-13-20-21(24)8-19(9-22(20)25)30-12-16-10-23(16,3)26/h8-9,14,16-18H,4-7,10-13H2,1-3H3,(H,27,28)/t14-,16?,17?,18?,23?/m0/s1. The molecule has 31 heavy (non-hydrogen) atoms. The van der Waals surface area contributed by atoms with Crippen molar-refractivity contribution in [3.8, 4) is 5.75 Å². The van der Waals surface area contributed by atoms with Crippen molar-refractivity contribution in [2.24, 2.45) is 5.92 Å². The predicted octanol–water partition coefficient (Wildman–Crippen LogP) is 4.46. The van der Waals surface area contributed by atoms with E-state index in [4.69, 9.17) is 14.2 Å². The van der Waals surface area contributed by atoms with Crippen molar-refractivity contribution in [1.29, 1.82) is 0 Å². The number of rotatable bonds is 10. The molecule has 2 aliphatic carbocycles. The molecule has 0 aromatic heterocycles. The third-order valence-electron chi connectivity index (χ3n) is 6.02. The molecule has 2 aliphatic rings. The number of ether oxygens (including phenoxy) is 3. The van der Waals surface area contributed by atoms with E-state index >= 15 is 0 Å². The smallest absolute Gasteiger partial charge is 0.217 e. The lowest BCUT2D eigenvalue weighted by Crippen LogP contribution is -2.36. The lowest BCUT2D eigenvalue weighted by atomic mass is 9.95. The molecule has 5 nitrogen and oxygen atoms in total. The summed E-state index contributed by atoms with van der Waals surface area (Å²) in [6.07, 6.45) is 3.50. The highest BCUT2D eigenvalue weighted by Gasteiger charge is 2.51. The van der Waals surface area contributed by atoms with Gasteiger partial charge < -0.3 is 19.5 Å². The van der Waals surface area contributed by atoms with Gasteiger partial charge in [0.25, 0.3) is 0 Å². The monoisotopic (exact) mass is 443 g/mol. The highest BCUT2D eigenvalue weighted by atomic mass is 19.1. The van der Waals surface area contributed by atoms with Gasteiger partial charge in [0, 0.05) is 36.6 Å². The molecule has 1 aromatic rings. The van der Waals surface area contributed by atoms with Gasteiger partial charge >= 0.3 is 0 Å². The molecule has 0 aliphatic heterocycles. The van der Waals surface area contributed by atoms with Crippen LogP contribution in [-0.2, 0) is 20.9 Å². The Morgan fingerprint density at radius 1 is 1.16 bits per heavy atom. The van der Waals surface area contributed by atoms with Crippen LogP contribution in [0.25, 0.3) is 0 Å². The highest BCUT2D eigenvalue weighted by Crippen LogP contribution is 2.46. The molecule has 2 unspecified atom stereocenters. The van der Waals surface area contributed by atoms with Crippen LogP contribution in [0.15, 0.2) is 12.1 Å². The minimum absolute atomic E-state index is 0.0462. The Balaban J connectivity index is 1.39. The molecule has 2 saturated carbocycles. The maximum atomic E-state index is 14.4. The quantitative estimate of drug-likeness (QED) is 0.580. The minimum Gasteiger partial charge on any atom is -0.493 e. The molecule has 3 atom stereocenters. The van der Waals surface area contributed by atoms with E-state index < -0.39 is 17.3 Å². The van der Waals surface area contributed by atoms with Gasteiger partial charge in [-0.25, -0.2) is 13.2 Å². The van der Waals surface area contributed by atoms with E-state index in [-0.39, 0.29) is 54.6 Å². The molecule has 8 heteroatoms. The van der Waals surface area contributed by atoms with Gasteiger partial charge in [0.05, 0.1) is 32.0 Å². The second-order valence-corrected chi connectivity index (χ2v) is 9.00. The van der Waals surface area contributed by atoms with Gasteiger partial charge in [0.15, 0.2) is 0 Å². The maximum Gasteiger partial charge on any atom is 0.217 e. The average molecular weight is 444 g/mol. The summed E-state index contributed by atoms with van der Waals surface area (Å²) in [6, 6.07) is 2.21. The average Bonchev–Trinajstić information content (AvgIpc) is 3.31. The molecule has 0 radical (unpaired) electrons. The van der Waals surface area contributed by atoms with Gasteiger partial charge in [0.2, 0.25) is 5.91 Å². The van der Waals surface area contributed by atoms with Crippen molar-refractivity contribution in [3.63, 3.8) is 0 Å². The molecular formula is C23H32F3NO4. The van der Waals surface area contributed by atoms with Gasteiger partial charge in [-0.05, 0) is 46.0 Å². The van der Waals surface area contributed by atoms with Crippen LogP contribution in [0.5, 0.6) is 5.75 Å². The molecule has 0 heterocycles. The fraction of sp³-hybridized carbons (Fsp3) is 0.696. The van der Waals surface area contributed by atoms with Crippen molar-refractivity contribution in [2.45, 2.75) is 83.4 Å². The lowest BCUT2D eigenvalue weighted by molar-refractivity contribution is -0.120. The van der Waals surface area contributed by atoms with Gasteiger partial charge in [-0.15, -0.1) is 0 Å². The number of nitrogens with one attached hydrogen (secondary N) is 1. The van der Waals surface area contributed by atoms with E-state index in [0.29, 0.717) is 13.0 Å². The molecule has 0 bridgehead atoms. The number of benzene rings is 1. The first-order valence-electron chi connectivity index (χ1n) is 10.9. The fourth-order valence-electron chi connectivity index (χ4n) is 3.89. The van der Waals surface area contributed by atoms with Crippen LogP contribution in [0.2, 0.25) is 0 Å². The van der Waals surface area contributed by atoms with Crippen LogP contribution >= 0.6 is 0 Å². The van der Waals surface area contributed by atoms with Gasteiger partial charge in [-0.3, -0.25) is 4.79 Å². The van der Waals surface area contributed by atoms with Gasteiger partial charge in [0.1, 0.15) is 23.1 Å². The van der Waals surface area contributed by atoms with E-state index in [1.807, 2.05) is 6.92 Å². The van der Waals surface area contributed by atoms with Crippen molar-refractivity contribution in [1.82, 2.24) is 5.32 Å². The summed E-state index contributed by atoms with van der Waals surface area (Å²) in [5.41, 5.74) is -1.37. The highest BCUT2D eigenvalue weighted by molar-refractivity contribution is 5.73. The normalized spacial score (nSPS) is 28.8. The molecule has 1 aromatic carbocycles. The van der Waals surface area contributed by atoms with Crippen LogP contribution in [0.3, 0.4) is 0 Å². The molecule has 1 N–H and O–H groups in total. The van der Waals surface area contributed by atoms with Crippen molar-refractivity contribution < 1.29 is 32.2 Å². The second kappa shape index (κ2) is 10.2. The number of carbonyl (C=O) groups is 1. The first-order valence-corrected chi connectivity index (χ1v) is 10.9. The third kappa shape index (κ3) is 7.10. The van der Waals surface area contributed by atoms with Crippen LogP contribution in [0, 0.1) is 17.6 Å². The molecular weight excluding hydrogens is 411 g/mol. The molecule has 0 saturated heterocycles. The number of amides is 1. The largest absolute Gasteiger partial charge is 0.493 e. The summed E-state index contributed by atoms with van der Waals surface area (Å²) in [5, 5.41) is 2.78. The number of halogens is 3. The Bertz CT molecular complexity index is 742. The van der Waals surface area contributed by atoms with Gasteiger partial charge in [-0.1, -0.05) is 0 Å². The molecule has 0 spiro atoms. The summed E-state index contributed by atoms with van der Waals surface area (Å²) in [4.78, 5) is 11.0. The first kappa shape index (κ1) is 23.9. The Kier molecular flexibility index (Phi) is 7.86. The third-order valence-corrected chi connectivity index (χ3v) is 6.02.